The summed E-state index contributed by atoms with van der Waals surface area (Å²) in [4.78, 5) is 11.0. The van der Waals surface area contributed by atoms with Crippen LogP contribution in [0.1, 0.15) is 5.76 Å². The molecule has 1 aromatic rings. The molecule has 0 bridgehead atoms. The van der Waals surface area contributed by atoms with Crippen LogP contribution in [0.4, 0.5) is 4.79 Å². The summed E-state index contributed by atoms with van der Waals surface area (Å²) in [5.41, 5.74) is 0. The summed E-state index contributed by atoms with van der Waals surface area (Å²) < 4.78 is 10.7. The van der Waals surface area contributed by atoms with E-state index in [1.165, 1.54) is 11.2 Å². The van der Waals surface area contributed by atoms with Crippen molar-refractivity contribution in [2.45, 2.75) is 0 Å². The van der Waals surface area contributed by atoms with E-state index < -0.39 is 6.09 Å². The average Bonchev–Trinajstić information content (AvgIpc) is 2.72. The second-order valence-corrected chi connectivity index (χ2v) is 3.69. The Bertz CT molecular complexity index is 374. The molecular weight excluding hydrogens is 299 g/mol. The number of carbonyl (C=O) groups is 1. The first-order chi connectivity index (χ1) is 6.75. The van der Waals surface area contributed by atoms with Crippen molar-refractivity contribution in [2.75, 3.05) is 13.2 Å². The largest absolute Gasteiger partial charge is 0.449 e. The number of halogens is 1. The van der Waals surface area contributed by atoms with Gasteiger partial charge >= 0.3 is 6.09 Å². The van der Waals surface area contributed by atoms with Crippen LogP contribution in [0.5, 0.6) is 0 Å². The Hall–Kier alpha value is -1.05. The van der Waals surface area contributed by atoms with Crippen LogP contribution in [0.15, 0.2) is 21.7 Å². The summed E-state index contributed by atoms with van der Waals surface area (Å²) in [5, 5.41) is 5.18. The van der Waals surface area contributed by atoms with E-state index in [9.17, 15) is 4.79 Å². The fourth-order valence-corrected chi connectivity index (χ4v) is 1.45. The van der Waals surface area contributed by atoms with Crippen LogP contribution < -0.4 is 0 Å². The van der Waals surface area contributed by atoms with Crippen LogP contribution in [0.25, 0.3) is 0 Å². The Balaban J connectivity index is 2.03. The third kappa shape index (κ3) is 2.06. The third-order valence-corrected chi connectivity index (χ3v) is 2.24. The summed E-state index contributed by atoms with van der Waals surface area (Å²) in [6, 6.07) is 3.61. The zero-order valence-corrected chi connectivity index (χ0v) is 9.30. The van der Waals surface area contributed by atoms with Crippen molar-refractivity contribution in [3.8, 4) is 0 Å². The molecule has 6 heteroatoms. The molecule has 0 unspecified atom stereocenters. The third-order valence-electron chi connectivity index (χ3n) is 1.66. The van der Waals surface area contributed by atoms with Gasteiger partial charge in [0.1, 0.15) is 12.4 Å². The maximum Gasteiger partial charge on any atom is 0.430 e. The lowest BCUT2D eigenvalue weighted by molar-refractivity contribution is 0.159. The maximum atomic E-state index is 11.0. The number of carbonyl (C=O) groups excluding carboxylic acids is 1. The zero-order chi connectivity index (χ0) is 9.97. The fourth-order valence-electron chi connectivity index (χ4n) is 1.01. The van der Waals surface area contributed by atoms with Crippen LogP contribution in [0.3, 0.4) is 0 Å². The van der Waals surface area contributed by atoms with Crippen LogP contribution in [0, 0.1) is 3.77 Å². The topological polar surface area (TPSA) is 55.0 Å². The van der Waals surface area contributed by atoms with Crippen LogP contribution >= 0.6 is 22.6 Å². The molecule has 1 fully saturated rings. The molecule has 1 aliphatic rings. The number of hydrazone groups is 1. The monoisotopic (exact) mass is 306 g/mol. The van der Waals surface area contributed by atoms with Gasteiger partial charge in [-0.1, -0.05) is 0 Å². The van der Waals surface area contributed by atoms with Gasteiger partial charge in [0.15, 0.2) is 3.77 Å². The van der Waals surface area contributed by atoms with Crippen molar-refractivity contribution in [1.82, 2.24) is 5.01 Å². The Morgan fingerprint density at radius 1 is 1.57 bits per heavy atom. The van der Waals surface area contributed by atoms with Crippen molar-refractivity contribution in [2.24, 2.45) is 5.10 Å². The Kier molecular flexibility index (Phi) is 2.71. The van der Waals surface area contributed by atoms with Gasteiger partial charge in [0.05, 0.1) is 12.8 Å². The quantitative estimate of drug-likeness (QED) is 0.617. The highest BCUT2D eigenvalue weighted by atomic mass is 127. The van der Waals surface area contributed by atoms with E-state index in [0.717, 1.165) is 3.77 Å². The van der Waals surface area contributed by atoms with E-state index in [1.807, 2.05) is 6.07 Å². The molecule has 0 aromatic carbocycles. The van der Waals surface area contributed by atoms with Gasteiger partial charge in [0.2, 0.25) is 0 Å². The van der Waals surface area contributed by atoms with E-state index in [-0.39, 0.29) is 0 Å². The summed E-state index contributed by atoms with van der Waals surface area (Å²) >= 11 is 2.06. The number of cyclic esters (lactones) is 1. The smallest absolute Gasteiger partial charge is 0.430 e. The number of nitrogens with zero attached hydrogens (tertiary/aromatic N) is 2. The van der Waals surface area contributed by atoms with Gasteiger partial charge in [-0.3, -0.25) is 0 Å². The average molecular weight is 306 g/mol. The molecule has 1 saturated heterocycles. The predicted octanol–water partition coefficient (Wildman–Crippen LogP) is 1.67. The SMILES string of the molecule is O=C1OCCN1/N=C/c1ccc(I)o1. The standard InChI is InChI=1S/C8H7IN2O3/c9-7-2-1-6(14-7)5-10-11-3-4-13-8(11)12/h1-2,5H,3-4H2/b10-5+. The van der Waals surface area contributed by atoms with Crippen molar-refractivity contribution in [1.29, 1.82) is 0 Å². The maximum absolute atomic E-state index is 11.0. The van der Waals surface area contributed by atoms with Gasteiger partial charge in [-0.2, -0.15) is 10.1 Å². The van der Waals surface area contributed by atoms with Gasteiger partial charge in [-0.05, 0) is 34.7 Å². The highest BCUT2D eigenvalue weighted by molar-refractivity contribution is 14.1. The highest BCUT2D eigenvalue weighted by Gasteiger charge is 2.20. The van der Waals surface area contributed by atoms with Crippen molar-refractivity contribution in [3.05, 3.63) is 21.7 Å². The molecule has 1 aromatic heterocycles. The Morgan fingerprint density at radius 3 is 3.00 bits per heavy atom. The molecule has 0 N–H and O–H groups in total. The lowest BCUT2D eigenvalue weighted by Crippen LogP contribution is -2.17. The van der Waals surface area contributed by atoms with Gasteiger partial charge in [0, 0.05) is 0 Å². The van der Waals surface area contributed by atoms with E-state index in [4.69, 9.17) is 9.15 Å². The molecule has 0 spiro atoms. The minimum absolute atomic E-state index is 0.395. The van der Waals surface area contributed by atoms with Gasteiger partial charge in [0.25, 0.3) is 0 Å². The summed E-state index contributed by atoms with van der Waals surface area (Å²) in [5.74, 6) is 0.620. The Morgan fingerprint density at radius 2 is 2.43 bits per heavy atom. The number of hydrogen-bond donors (Lipinski definition) is 0. The molecule has 2 heterocycles. The first-order valence-corrected chi connectivity index (χ1v) is 5.07. The highest BCUT2D eigenvalue weighted by Crippen LogP contribution is 2.09. The second kappa shape index (κ2) is 3.99. The fraction of sp³-hybridized carbons (Fsp3) is 0.250. The van der Waals surface area contributed by atoms with Crippen LogP contribution in [-0.4, -0.2) is 30.5 Å². The molecule has 2 rings (SSSR count). The molecule has 5 nitrogen and oxygen atoms in total. The number of hydrogen-bond acceptors (Lipinski definition) is 4. The van der Waals surface area contributed by atoms with E-state index in [1.54, 1.807) is 6.07 Å². The van der Waals surface area contributed by atoms with E-state index in [0.29, 0.717) is 18.9 Å². The van der Waals surface area contributed by atoms with Gasteiger partial charge in [-0.25, -0.2) is 4.79 Å². The van der Waals surface area contributed by atoms with E-state index in [2.05, 4.69) is 27.7 Å². The Labute approximate surface area is 93.8 Å². The first-order valence-electron chi connectivity index (χ1n) is 3.99. The molecule has 1 amide bonds. The zero-order valence-electron chi connectivity index (χ0n) is 7.14. The van der Waals surface area contributed by atoms with Gasteiger partial charge < -0.3 is 9.15 Å². The molecule has 0 aliphatic carbocycles. The lowest BCUT2D eigenvalue weighted by Gasteiger charge is -2.01. The summed E-state index contributed by atoms with van der Waals surface area (Å²) in [6.07, 6.45) is 1.08. The first kappa shape index (κ1) is 9.50. The number of furan rings is 1. The summed E-state index contributed by atoms with van der Waals surface area (Å²) in [6.45, 7) is 0.888. The molecule has 0 atom stereocenters. The van der Waals surface area contributed by atoms with Crippen molar-refractivity contribution in [3.63, 3.8) is 0 Å². The molecule has 14 heavy (non-hydrogen) atoms. The molecule has 74 valence electrons. The van der Waals surface area contributed by atoms with Crippen molar-refractivity contribution < 1.29 is 13.9 Å². The number of rotatable bonds is 2. The van der Waals surface area contributed by atoms with Crippen LogP contribution in [-0.2, 0) is 4.74 Å². The predicted molar refractivity (Wildman–Crippen MR) is 57.1 cm³/mol. The number of amides is 1. The normalized spacial score (nSPS) is 16.6. The van der Waals surface area contributed by atoms with E-state index >= 15 is 0 Å². The van der Waals surface area contributed by atoms with Gasteiger partial charge in [-0.15, -0.1) is 0 Å². The molecule has 0 radical (unpaired) electrons. The molecule has 1 aliphatic heterocycles. The second-order valence-electron chi connectivity index (χ2n) is 2.62. The minimum atomic E-state index is -0.414. The minimum Gasteiger partial charge on any atom is -0.449 e. The van der Waals surface area contributed by atoms with Crippen molar-refractivity contribution >= 4 is 34.9 Å². The molecular formula is C8H7IN2O3. The molecule has 0 saturated carbocycles. The lowest BCUT2D eigenvalue weighted by atomic mass is 10.5. The summed E-state index contributed by atoms with van der Waals surface area (Å²) in [7, 11) is 0. The van der Waals surface area contributed by atoms with Crippen LogP contribution in [0.2, 0.25) is 0 Å². The number of ether oxygens (including phenoxy) is 1.